The van der Waals surface area contributed by atoms with Gasteiger partial charge in [-0.3, -0.25) is 4.79 Å². The fraction of sp³-hybridized carbons (Fsp3) is 0.667. The van der Waals surface area contributed by atoms with Gasteiger partial charge < -0.3 is 0 Å². The summed E-state index contributed by atoms with van der Waals surface area (Å²) in [6.07, 6.45) is 10.8. The molecule has 1 saturated carbocycles. The van der Waals surface area contributed by atoms with Gasteiger partial charge in [0, 0.05) is 12.3 Å². The summed E-state index contributed by atoms with van der Waals surface area (Å²) in [5.74, 6) is 0.812. The third-order valence-electron chi connectivity index (χ3n) is 3.27. The Morgan fingerprint density at radius 3 is 2.62 bits per heavy atom. The lowest BCUT2D eigenvalue weighted by atomic mass is 10.00. The summed E-state index contributed by atoms with van der Waals surface area (Å²) in [6, 6.07) is 0. The van der Waals surface area contributed by atoms with Gasteiger partial charge in [-0.15, -0.1) is 0 Å². The molecule has 1 nitrogen and oxygen atoms in total. The number of ketones is 1. The quantitative estimate of drug-likeness (QED) is 0.626. The number of allylic oxidation sites excluding steroid dienone is 4. The first-order chi connectivity index (χ1) is 7.59. The van der Waals surface area contributed by atoms with Gasteiger partial charge in [-0.1, -0.05) is 23.3 Å². The van der Waals surface area contributed by atoms with Crippen molar-refractivity contribution in [3.63, 3.8) is 0 Å². The van der Waals surface area contributed by atoms with Crippen molar-refractivity contribution in [3.05, 3.63) is 23.3 Å². The second-order valence-corrected chi connectivity index (χ2v) is 5.16. The van der Waals surface area contributed by atoms with E-state index in [1.807, 2.05) is 0 Å². The van der Waals surface area contributed by atoms with E-state index in [4.69, 9.17) is 0 Å². The molecule has 0 amide bonds. The highest BCUT2D eigenvalue weighted by Gasteiger charge is 2.22. The molecule has 0 N–H and O–H groups in total. The number of hydrogen-bond acceptors (Lipinski definition) is 1. The zero-order valence-corrected chi connectivity index (χ0v) is 10.9. The summed E-state index contributed by atoms with van der Waals surface area (Å²) in [6.45, 7) is 6.45. The van der Waals surface area contributed by atoms with Crippen molar-refractivity contribution >= 4 is 5.78 Å². The van der Waals surface area contributed by atoms with Crippen molar-refractivity contribution in [1.29, 1.82) is 0 Å². The summed E-state index contributed by atoms with van der Waals surface area (Å²) in [5, 5.41) is 0. The molecular formula is C15H24O. The maximum absolute atomic E-state index is 11.5. The lowest BCUT2D eigenvalue weighted by Crippen LogP contribution is -2.04. The van der Waals surface area contributed by atoms with E-state index in [0.29, 0.717) is 11.7 Å². The molecule has 1 aliphatic rings. The minimum absolute atomic E-state index is 0.332. The summed E-state index contributed by atoms with van der Waals surface area (Å²) < 4.78 is 0. The third-order valence-corrected chi connectivity index (χ3v) is 3.27. The van der Waals surface area contributed by atoms with E-state index in [1.165, 1.54) is 11.1 Å². The average Bonchev–Trinajstić information content (AvgIpc) is 2.60. The fourth-order valence-corrected chi connectivity index (χ4v) is 2.17. The highest BCUT2D eigenvalue weighted by atomic mass is 16.1. The molecule has 0 bridgehead atoms. The molecule has 1 atom stereocenters. The molecule has 1 aliphatic carbocycles. The fourth-order valence-electron chi connectivity index (χ4n) is 2.17. The van der Waals surface area contributed by atoms with Gasteiger partial charge in [0.25, 0.3) is 0 Å². The Morgan fingerprint density at radius 2 is 2.06 bits per heavy atom. The molecule has 0 saturated heterocycles. The number of hydrogen-bond donors (Lipinski definition) is 0. The van der Waals surface area contributed by atoms with Gasteiger partial charge in [-0.05, 0) is 52.9 Å². The van der Waals surface area contributed by atoms with Crippen LogP contribution in [0, 0.1) is 5.92 Å². The Hall–Kier alpha value is -0.850. The highest BCUT2D eigenvalue weighted by molar-refractivity contribution is 5.82. The van der Waals surface area contributed by atoms with Gasteiger partial charge in [-0.25, -0.2) is 0 Å². The Morgan fingerprint density at radius 1 is 1.31 bits per heavy atom. The van der Waals surface area contributed by atoms with Gasteiger partial charge in [0.05, 0.1) is 0 Å². The normalized spacial score (nSPS) is 21.3. The van der Waals surface area contributed by atoms with Gasteiger partial charge in [0.2, 0.25) is 0 Å². The second-order valence-electron chi connectivity index (χ2n) is 5.16. The first-order valence-corrected chi connectivity index (χ1v) is 6.41. The first kappa shape index (κ1) is 13.2. The maximum Gasteiger partial charge on any atom is 0.136 e. The molecule has 0 aromatic rings. The standard InChI is InChI=1S/C15H24O/c1-12(2)6-4-7-13(3)10-11-14-8-5-9-15(14)16/h6,10,14H,4-5,7-9,11H2,1-3H3/b13-10+/t14-/m1/s1. The molecule has 1 fully saturated rings. The van der Waals surface area contributed by atoms with E-state index in [0.717, 1.165) is 38.5 Å². The molecule has 1 rings (SSSR count). The molecule has 0 aliphatic heterocycles. The Kier molecular flexibility index (Phi) is 5.51. The Bertz CT molecular complexity index is 293. The molecule has 90 valence electrons. The molecule has 0 heterocycles. The van der Waals surface area contributed by atoms with Crippen LogP contribution in [0.25, 0.3) is 0 Å². The Labute approximate surface area is 99.6 Å². The smallest absolute Gasteiger partial charge is 0.136 e. The van der Waals surface area contributed by atoms with E-state index >= 15 is 0 Å². The van der Waals surface area contributed by atoms with Crippen LogP contribution in [0.4, 0.5) is 0 Å². The summed E-state index contributed by atoms with van der Waals surface area (Å²) in [5.41, 5.74) is 2.82. The summed E-state index contributed by atoms with van der Waals surface area (Å²) in [7, 11) is 0. The predicted octanol–water partition coefficient (Wildman–Crippen LogP) is 4.44. The van der Waals surface area contributed by atoms with Crippen LogP contribution in [0.1, 0.15) is 59.3 Å². The van der Waals surface area contributed by atoms with Crippen molar-refractivity contribution < 1.29 is 4.79 Å². The van der Waals surface area contributed by atoms with Crippen LogP contribution in [-0.4, -0.2) is 5.78 Å². The van der Waals surface area contributed by atoms with Gasteiger partial charge in [0.1, 0.15) is 5.78 Å². The van der Waals surface area contributed by atoms with Crippen LogP contribution >= 0.6 is 0 Å². The minimum atomic E-state index is 0.332. The number of carbonyl (C=O) groups excluding carboxylic acids is 1. The lowest BCUT2D eigenvalue weighted by molar-refractivity contribution is -0.120. The zero-order chi connectivity index (χ0) is 12.0. The highest BCUT2D eigenvalue weighted by Crippen LogP contribution is 2.25. The summed E-state index contributed by atoms with van der Waals surface area (Å²) >= 11 is 0. The summed E-state index contributed by atoms with van der Waals surface area (Å²) in [4.78, 5) is 11.5. The van der Waals surface area contributed by atoms with E-state index in [2.05, 4.69) is 32.9 Å². The van der Waals surface area contributed by atoms with E-state index in [-0.39, 0.29) is 0 Å². The van der Waals surface area contributed by atoms with Crippen LogP contribution in [0.2, 0.25) is 0 Å². The van der Waals surface area contributed by atoms with Crippen LogP contribution in [0.15, 0.2) is 23.3 Å². The largest absolute Gasteiger partial charge is 0.299 e. The van der Waals surface area contributed by atoms with E-state index in [1.54, 1.807) is 0 Å². The first-order valence-electron chi connectivity index (χ1n) is 6.41. The number of Topliss-reactive ketones (excluding diaryl/α,β-unsaturated/α-hetero) is 1. The van der Waals surface area contributed by atoms with Crippen molar-refractivity contribution in [2.75, 3.05) is 0 Å². The van der Waals surface area contributed by atoms with Gasteiger partial charge in [0.15, 0.2) is 0 Å². The molecule has 0 unspecified atom stereocenters. The zero-order valence-electron chi connectivity index (χ0n) is 10.9. The Balaban J connectivity index is 2.28. The van der Waals surface area contributed by atoms with Crippen LogP contribution in [0.3, 0.4) is 0 Å². The predicted molar refractivity (Wildman–Crippen MR) is 69.4 cm³/mol. The van der Waals surface area contributed by atoms with Crippen molar-refractivity contribution in [2.45, 2.75) is 59.3 Å². The van der Waals surface area contributed by atoms with Crippen molar-refractivity contribution in [2.24, 2.45) is 5.92 Å². The lowest BCUT2D eigenvalue weighted by Gasteiger charge is -2.05. The van der Waals surface area contributed by atoms with E-state index < -0.39 is 0 Å². The SMILES string of the molecule is CC(C)=CCC/C(C)=C/C[C@H]1CCCC1=O. The number of carbonyl (C=O) groups is 1. The van der Waals surface area contributed by atoms with E-state index in [9.17, 15) is 4.79 Å². The molecule has 1 heteroatoms. The molecule has 16 heavy (non-hydrogen) atoms. The average molecular weight is 220 g/mol. The molecule has 0 radical (unpaired) electrons. The monoisotopic (exact) mass is 220 g/mol. The van der Waals surface area contributed by atoms with Crippen LogP contribution in [0.5, 0.6) is 0 Å². The maximum atomic E-state index is 11.5. The van der Waals surface area contributed by atoms with Gasteiger partial charge in [-0.2, -0.15) is 0 Å². The van der Waals surface area contributed by atoms with Crippen LogP contribution in [-0.2, 0) is 4.79 Å². The van der Waals surface area contributed by atoms with Crippen LogP contribution < -0.4 is 0 Å². The molecular weight excluding hydrogens is 196 g/mol. The topological polar surface area (TPSA) is 17.1 Å². The number of rotatable bonds is 5. The second kappa shape index (κ2) is 6.67. The van der Waals surface area contributed by atoms with Gasteiger partial charge >= 0.3 is 0 Å². The van der Waals surface area contributed by atoms with Crippen molar-refractivity contribution in [3.8, 4) is 0 Å². The molecule has 0 aromatic heterocycles. The van der Waals surface area contributed by atoms with Crippen molar-refractivity contribution in [1.82, 2.24) is 0 Å². The minimum Gasteiger partial charge on any atom is -0.299 e. The molecule has 0 aromatic carbocycles. The molecule has 0 spiro atoms. The third kappa shape index (κ3) is 4.78.